The van der Waals surface area contributed by atoms with Crippen LogP contribution in [0.3, 0.4) is 0 Å². The third kappa shape index (κ3) is 1.61. The first-order chi connectivity index (χ1) is 8.58. The van der Waals surface area contributed by atoms with E-state index in [0.29, 0.717) is 17.1 Å². The van der Waals surface area contributed by atoms with E-state index in [1.165, 1.54) is 6.42 Å². The van der Waals surface area contributed by atoms with Crippen molar-refractivity contribution in [2.24, 2.45) is 0 Å². The Kier molecular flexibility index (Phi) is 2.59. The second kappa shape index (κ2) is 4.02. The summed E-state index contributed by atoms with van der Waals surface area (Å²) < 4.78 is 0. The average molecular weight is 262 g/mol. The van der Waals surface area contributed by atoms with Crippen LogP contribution in [-0.2, 0) is 0 Å². The molecule has 0 aliphatic heterocycles. The summed E-state index contributed by atoms with van der Waals surface area (Å²) in [6.45, 7) is 3.93. The molecule has 5 heteroatoms. The molecule has 0 unspecified atom stereocenters. The molecule has 0 amide bonds. The number of aryl methyl sites for hydroxylation is 2. The normalized spacial score (nSPS) is 15.9. The highest BCUT2D eigenvalue weighted by Crippen LogP contribution is 2.37. The molecule has 1 aliphatic carbocycles. The maximum absolute atomic E-state index is 11.4. The molecule has 1 N–H and O–H groups in total. The molecule has 2 heterocycles. The molecular weight excluding hydrogens is 248 g/mol. The summed E-state index contributed by atoms with van der Waals surface area (Å²) in [5.41, 5.74) is 1.16. The van der Waals surface area contributed by atoms with E-state index in [1.807, 2.05) is 13.8 Å². The summed E-state index contributed by atoms with van der Waals surface area (Å²) in [4.78, 5) is 22.2. The molecule has 2 aromatic rings. The molecule has 94 valence electrons. The highest BCUT2D eigenvalue weighted by molar-refractivity contribution is 7.18. The number of hydrogen-bond donors (Lipinski definition) is 1. The number of aromatic carboxylic acids is 1. The van der Waals surface area contributed by atoms with Crippen LogP contribution in [0.4, 0.5) is 0 Å². The van der Waals surface area contributed by atoms with Crippen LogP contribution in [0.25, 0.3) is 10.2 Å². The molecule has 1 aliphatic rings. The predicted molar refractivity (Wildman–Crippen MR) is 70.4 cm³/mol. The number of rotatable bonds is 2. The SMILES string of the molecule is Cc1sc2nc(C3CCC3)nc(C(=O)O)c2c1C. The fraction of sp³-hybridized carbons (Fsp3) is 0.462. The van der Waals surface area contributed by atoms with Gasteiger partial charge in [0.15, 0.2) is 5.69 Å². The van der Waals surface area contributed by atoms with E-state index in [4.69, 9.17) is 0 Å². The second-order valence-electron chi connectivity index (χ2n) is 4.83. The molecule has 2 aromatic heterocycles. The van der Waals surface area contributed by atoms with Gasteiger partial charge in [-0.1, -0.05) is 6.42 Å². The molecule has 1 saturated carbocycles. The molecular formula is C13H14N2O2S. The summed E-state index contributed by atoms with van der Waals surface area (Å²) in [5.74, 6) is 0.117. The molecule has 0 bridgehead atoms. The summed E-state index contributed by atoms with van der Waals surface area (Å²) in [7, 11) is 0. The number of thiophene rings is 1. The van der Waals surface area contributed by atoms with Crippen LogP contribution in [0.2, 0.25) is 0 Å². The minimum Gasteiger partial charge on any atom is -0.476 e. The first-order valence-corrected chi connectivity index (χ1v) is 6.90. The zero-order chi connectivity index (χ0) is 12.9. The minimum atomic E-state index is -0.955. The Morgan fingerprint density at radius 1 is 1.33 bits per heavy atom. The van der Waals surface area contributed by atoms with E-state index in [2.05, 4.69) is 9.97 Å². The van der Waals surface area contributed by atoms with Gasteiger partial charge in [-0.2, -0.15) is 0 Å². The van der Waals surface area contributed by atoms with Gasteiger partial charge in [-0.05, 0) is 32.3 Å². The lowest BCUT2D eigenvalue weighted by molar-refractivity contribution is 0.0692. The van der Waals surface area contributed by atoms with Crippen molar-refractivity contribution in [3.8, 4) is 0 Å². The quantitative estimate of drug-likeness (QED) is 0.902. The van der Waals surface area contributed by atoms with Gasteiger partial charge in [-0.25, -0.2) is 14.8 Å². The molecule has 18 heavy (non-hydrogen) atoms. The van der Waals surface area contributed by atoms with Gasteiger partial charge in [0, 0.05) is 16.2 Å². The number of hydrogen-bond acceptors (Lipinski definition) is 4. The fourth-order valence-corrected chi connectivity index (χ4v) is 3.31. The largest absolute Gasteiger partial charge is 0.476 e. The molecule has 0 atom stereocenters. The number of aromatic nitrogens is 2. The van der Waals surface area contributed by atoms with Crippen LogP contribution in [0.5, 0.6) is 0 Å². The summed E-state index contributed by atoms with van der Waals surface area (Å²) in [5, 5.41) is 10.0. The lowest BCUT2D eigenvalue weighted by atomic mass is 9.85. The number of carboxylic acid groups (broad SMARTS) is 1. The molecule has 0 aromatic carbocycles. The highest BCUT2D eigenvalue weighted by atomic mass is 32.1. The number of fused-ring (bicyclic) bond motifs is 1. The van der Waals surface area contributed by atoms with Crippen molar-refractivity contribution in [3.63, 3.8) is 0 Å². The van der Waals surface area contributed by atoms with Crippen LogP contribution in [-0.4, -0.2) is 21.0 Å². The Balaban J connectivity index is 2.28. The lowest BCUT2D eigenvalue weighted by Gasteiger charge is -2.23. The maximum atomic E-state index is 11.4. The van der Waals surface area contributed by atoms with E-state index >= 15 is 0 Å². The monoisotopic (exact) mass is 262 g/mol. The van der Waals surface area contributed by atoms with Gasteiger partial charge >= 0.3 is 5.97 Å². The standard InChI is InChI=1S/C13H14N2O2S/c1-6-7(2)18-12-9(6)10(13(16)17)14-11(15-12)8-4-3-5-8/h8H,3-5H2,1-2H3,(H,16,17). The van der Waals surface area contributed by atoms with Gasteiger partial charge in [-0.3, -0.25) is 0 Å². The van der Waals surface area contributed by atoms with Gasteiger partial charge in [0.2, 0.25) is 0 Å². The van der Waals surface area contributed by atoms with E-state index < -0.39 is 5.97 Å². The third-order valence-electron chi connectivity index (χ3n) is 3.72. The predicted octanol–water partition coefficient (Wildman–Crippen LogP) is 3.27. The Bertz CT molecular complexity index is 644. The molecule has 0 saturated heterocycles. The Labute approximate surface area is 109 Å². The summed E-state index contributed by atoms with van der Waals surface area (Å²) >= 11 is 1.56. The van der Waals surface area contributed by atoms with E-state index in [1.54, 1.807) is 11.3 Å². The van der Waals surface area contributed by atoms with Crippen molar-refractivity contribution in [1.29, 1.82) is 0 Å². The molecule has 1 fully saturated rings. The van der Waals surface area contributed by atoms with Crippen molar-refractivity contribution >= 4 is 27.5 Å². The van der Waals surface area contributed by atoms with E-state index in [9.17, 15) is 9.90 Å². The Morgan fingerprint density at radius 3 is 2.61 bits per heavy atom. The van der Waals surface area contributed by atoms with Gasteiger partial charge in [0.1, 0.15) is 10.7 Å². The minimum absolute atomic E-state index is 0.170. The van der Waals surface area contributed by atoms with Crippen molar-refractivity contribution in [2.45, 2.75) is 39.0 Å². The summed E-state index contributed by atoms with van der Waals surface area (Å²) in [6.07, 6.45) is 3.35. The number of nitrogens with zero attached hydrogens (tertiary/aromatic N) is 2. The van der Waals surface area contributed by atoms with E-state index in [-0.39, 0.29) is 5.69 Å². The second-order valence-corrected chi connectivity index (χ2v) is 6.03. The molecule has 3 rings (SSSR count). The van der Waals surface area contributed by atoms with Gasteiger partial charge in [-0.15, -0.1) is 11.3 Å². The van der Waals surface area contributed by atoms with Crippen LogP contribution >= 0.6 is 11.3 Å². The zero-order valence-corrected chi connectivity index (χ0v) is 11.2. The zero-order valence-electron chi connectivity index (χ0n) is 10.4. The average Bonchev–Trinajstić information content (AvgIpc) is 2.51. The number of carbonyl (C=O) groups is 1. The van der Waals surface area contributed by atoms with Crippen molar-refractivity contribution in [2.75, 3.05) is 0 Å². The molecule has 4 nitrogen and oxygen atoms in total. The van der Waals surface area contributed by atoms with Crippen LogP contribution in [0.15, 0.2) is 0 Å². The van der Waals surface area contributed by atoms with Crippen molar-refractivity contribution in [3.05, 3.63) is 22.0 Å². The Hall–Kier alpha value is -1.49. The van der Waals surface area contributed by atoms with Gasteiger partial charge in [0.25, 0.3) is 0 Å². The van der Waals surface area contributed by atoms with E-state index in [0.717, 1.165) is 28.1 Å². The van der Waals surface area contributed by atoms with Gasteiger partial charge < -0.3 is 5.11 Å². The third-order valence-corrected chi connectivity index (χ3v) is 4.82. The first-order valence-electron chi connectivity index (χ1n) is 6.09. The Morgan fingerprint density at radius 2 is 2.06 bits per heavy atom. The molecule has 0 radical (unpaired) electrons. The van der Waals surface area contributed by atoms with Crippen molar-refractivity contribution in [1.82, 2.24) is 9.97 Å². The fourth-order valence-electron chi connectivity index (χ4n) is 2.27. The smallest absolute Gasteiger partial charge is 0.355 e. The summed E-state index contributed by atoms with van der Waals surface area (Å²) in [6, 6.07) is 0. The lowest BCUT2D eigenvalue weighted by Crippen LogP contribution is -2.15. The van der Waals surface area contributed by atoms with Crippen molar-refractivity contribution < 1.29 is 9.90 Å². The van der Waals surface area contributed by atoms with Gasteiger partial charge in [0.05, 0.1) is 0 Å². The first kappa shape index (κ1) is 11.6. The van der Waals surface area contributed by atoms with Crippen LogP contribution in [0.1, 0.15) is 51.9 Å². The van der Waals surface area contributed by atoms with Crippen LogP contribution < -0.4 is 0 Å². The maximum Gasteiger partial charge on any atom is 0.355 e. The van der Waals surface area contributed by atoms with Crippen LogP contribution in [0, 0.1) is 13.8 Å². The number of carboxylic acids is 1. The highest BCUT2D eigenvalue weighted by Gasteiger charge is 2.26. The molecule has 0 spiro atoms. The topological polar surface area (TPSA) is 63.1 Å².